The molecule has 0 fully saturated rings. The van der Waals surface area contributed by atoms with Crippen molar-refractivity contribution >= 4 is 10.0 Å². The highest BCUT2D eigenvalue weighted by atomic mass is 32.2. The lowest BCUT2D eigenvalue weighted by atomic mass is 10.2. The van der Waals surface area contributed by atoms with Crippen LogP contribution in [0.1, 0.15) is 26.2 Å². The van der Waals surface area contributed by atoms with E-state index in [0.717, 1.165) is 12.8 Å². The van der Waals surface area contributed by atoms with Crippen molar-refractivity contribution in [3.05, 3.63) is 0 Å². The molecular formula is C9H21NO4S. The quantitative estimate of drug-likeness (QED) is 0.598. The van der Waals surface area contributed by atoms with Crippen LogP contribution in [0.15, 0.2) is 0 Å². The van der Waals surface area contributed by atoms with Gasteiger partial charge in [-0.05, 0) is 12.8 Å². The summed E-state index contributed by atoms with van der Waals surface area (Å²) in [5.41, 5.74) is 0. The monoisotopic (exact) mass is 239 g/mol. The second-order valence-corrected chi connectivity index (χ2v) is 5.33. The molecule has 0 aliphatic heterocycles. The Kier molecular flexibility index (Phi) is 7.95. The van der Waals surface area contributed by atoms with Gasteiger partial charge >= 0.3 is 0 Å². The molecule has 0 rings (SSSR count). The Balaban J connectivity index is 4.12. The molecule has 92 valence electrons. The van der Waals surface area contributed by atoms with Gasteiger partial charge in [-0.15, -0.1) is 0 Å². The molecule has 5 nitrogen and oxygen atoms in total. The molecule has 0 aromatic carbocycles. The maximum atomic E-state index is 11.5. The average Bonchev–Trinajstić information content (AvgIpc) is 2.15. The summed E-state index contributed by atoms with van der Waals surface area (Å²) in [5, 5.41) is 8.55. The molecule has 0 heterocycles. The standard InChI is InChI=1S/C9H21NO4S/c1-3-5-9(8-14-2)10-15(12,13)7-4-6-11/h9-11H,3-8H2,1-2H3. The minimum atomic E-state index is -3.28. The van der Waals surface area contributed by atoms with Crippen molar-refractivity contribution in [1.29, 1.82) is 0 Å². The minimum absolute atomic E-state index is 0.0343. The molecule has 0 radical (unpaired) electrons. The number of rotatable bonds is 9. The van der Waals surface area contributed by atoms with Crippen LogP contribution >= 0.6 is 0 Å². The fourth-order valence-corrected chi connectivity index (χ4v) is 2.61. The zero-order valence-corrected chi connectivity index (χ0v) is 10.2. The number of aliphatic hydroxyl groups excluding tert-OH is 1. The van der Waals surface area contributed by atoms with Crippen molar-refractivity contribution in [2.24, 2.45) is 0 Å². The van der Waals surface area contributed by atoms with Gasteiger partial charge in [0.1, 0.15) is 0 Å². The molecule has 6 heteroatoms. The van der Waals surface area contributed by atoms with Gasteiger partial charge < -0.3 is 9.84 Å². The Hall–Kier alpha value is -0.170. The molecule has 0 aliphatic rings. The topological polar surface area (TPSA) is 75.6 Å². The number of ether oxygens (including phenoxy) is 1. The van der Waals surface area contributed by atoms with Crippen molar-refractivity contribution in [3.8, 4) is 0 Å². The van der Waals surface area contributed by atoms with Gasteiger partial charge in [-0.2, -0.15) is 0 Å². The van der Waals surface area contributed by atoms with Gasteiger partial charge in [0.2, 0.25) is 10.0 Å². The Morgan fingerprint density at radius 3 is 2.60 bits per heavy atom. The minimum Gasteiger partial charge on any atom is -0.396 e. The largest absolute Gasteiger partial charge is 0.396 e. The zero-order chi connectivity index (χ0) is 11.7. The van der Waals surface area contributed by atoms with Gasteiger partial charge in [0.15, 0.2) is 0 Å². The maximum absolute atomic E-state index is 11.5. The summed E-state index contributed by atoms with van der Waals surface area (Å²) in [6.45, 7) is 2.26. The van der Waals surface area contributed by atoms with E-state index in [-0.39, 0.29) is 24.8 Å². The predicted molar refractivity (Wildman–Crippen MR) is 59.2 cm³/mol. The maximum Gasteiger partial charge on any atom is 0.212 e. The van der Waals surface area contributed by atoms with Crippen LogP contribution in [0.3, 0.4) is 0 Å². The van der Waals surface area contributed by atoms with Crippen molar-refractivity contribution in [2.75, 3.05) is 26.1 Å². The lowest BCUT2D eigenvalue weighted by Gasteiger charge is -2.16. The number of aliphatic hydroxyl groups is 1. The van der Waals surface area contributed by atoms with Crippen LogP contribution in [-0.4, -0.2) is 45.6 Å². The van der Waals surface area contributed by atoms with Gasteiger partial charge in [-0.3, -0.25) is 0 Å². The lowest BCUT2D eigenvalue weighted by molar-refractivity contribution is 0.171. The molecule has 0 aromatic heterocycles. The van der Waals surface area contributed by atoms with Crippen LogP contribution in [0.5, 0.6) is 0 Å². The molecule has 15 heavy (non-hydrogen) atoms. The molecule has 0 bridgehead atoms. The van der Waals surface area contributed by atoms with E-state index >= 15 is 0 Å². The summed E-state index contributed by atoms with van der Waals surface area (Å²) in [7, 11) is -1.73. The third kappa shape index (κ3) is 7.72. The Bertz CT molecular complexity index is 234. The van der Waals surface area contributed by atoms with E-state index in [1.807, 2.05) is 6.92 Å². The summed E-state index contributed by atoms with van der Waals surface area (Å²) >= 11 is 0. The zero-order valence-electron chi connectivity index (χ0n) is 9.40. The molecule has 0 saturated carbocycles. The Morgan fingerprint density at radius 2 is 2.13 bits per heavy atom. The van der Waals surface area contributed by atoms with Crippen molar-refractivity contribution < 1.29 is 18.3 Å². The van der Waals surface area contributed by atoms with Crippen LogP contribution < -0.4 is 4.72 Å². The highest BCUT2D eigenvalue weighted by Gasteiger charge is 2.16. The summed E-state index contributed by atoms with van der Waals surface area (Å²) in [4.78, 5) is 0. The van der Waals surface area contributed by atoms with Crippen LogP contribution in [-0.2, 0) is 14.8 Å². The highest BCUT2D eigenvalue weighted by Crippen LogP contribution is 2.00. The second-order valence-electron chi connectivity index (χ2n) is 3.45. The number of methoxy groups -OCH3 is 1. The van der Waals surface area contributed by atoms with Gasteiger partial charge in [0, 0.05) is 19.8 Å². The van der Waals surface area contributed by atoms with Crippen molar-refractivity contribution in [3.63, 3.8) is 0 Å². The van der Waals surface area contributed by atoms with Crippen molar-refractivity contribution in [2.45, 2.75) is 32.2 Å². The third-order valence-electron chi connectivity index (χ3n) is 1.92. The molecule has 2 N–H and O–H groups in total. The molecule has 0 aromatic rings. The molecule has 1 unspecified atom stereocenters. The predicted octanol–water partition coefficient (Wildman–Crippen LogP) is 0.103. The number of hydrogen-bond acceptors (Lipinski definition) is 4. The lowest BCUT2D eigenvalue weighted by Crippen LogP contribution is -2.39. The highest BCUT2D eigenvalue weighted by molar-refractivity contribution is 7.89. The SMILES string of the molecule is CCCC(COC)NS(=O)(=O)CCCO. The summed E-state index contributed by atoms with van der Waals surface area (Å²) in [5.74, 6) is -0.0343. The van der Waals surface area contributed by atoms with E-state index in [0.29, 0.717) is 6.61 Å². The van der Waals surface area contributed by atoms with E-state index in [1.54, 1.807) is 7.11 Å². The van der Waals surface area contributed by atoms with Gasteiger partial charge in [-0.1, -0.05) is 13.3 Å². The van der Waals surface area contributed by atoms with Gasteiger partial charge in [-0.25, -0.2) is 13.1 Å². The number of sulfonamides is 1. The van der Waals surface area contributed by atoms with E-state index in [4.69, 9.17) is 9.84 Å². The summed E-state index contributed by atoms with van der Waals surface area (Å²) in [6, 6.07) is -0.163. The van der Waals surface area contributed by atoms with Gasteiger partial charge in [0.25, 0.3) is 0 Å². The van der Waals surface area contributed by atoms with E-state index in [1.165, 1.54) is 0 Å². The first-order valence-corrected chi connectivity index (χ1v) is 6.80. The molecule has 0 saturated heterocycles. The third-order valence-corrected chi connectivity index (χ3v) is 3.44. The molecule has 1 atom stereocenters. The summed E-state index contributed by atoms with van der Waals surface area (Å²) < 4.78 is 30.4. The van der Waals surface area contributed by atoms with Crippen LogP contribution in [0.25, 0.3) is 0 Å². The molecule has 0 amide bonds. The first-order valence-electron chi connectivity index (χ1n) is 5.15. The molecular weight excluding hydrogens is 218 g/mol. The fraction of sp³-hybridized carbons (Fsp3) is 1.00. The Labute approximate surface area is 91.9 Å². The van der Waals surface area contributed by atoms with E-state index < -0.39 is 10.0 Å². The van der Waals surface area contributed by atoms with E-state index in [2.05, 4.69) is 4.72 Å². The first-order chi connectivity index (χ1) is 7.05. The van der Waals surface area contributed by atoms with Crippen LogP contribution in [0.4, 0.5) is 0 Å². The van der Waals surface area contributed by atoms with Crippen molar-refractivity contribution in [1.82, 2.24) is 4.72 Å². The molecule has 0 spiro atoms. The second kappa shape index (κ2) is 8.04. The smallest absolute Gasteiger partial charge is 0.212 e. The van der Waals surface area contributed by atoms with Gasteiger partial charge in [0.05, 0.1) is 12.4 Å². The number of hydrogen-bond donors (Lipinski definition) is 2. The summed E-state index contributed by atoms with van der Waals surface area (Å²) in [6.07, 6.45) is 1.92. The van der Waals surface area contributed by atoms with E-state index in [9.17, 15) is 8.42 Å². The number of nitrogens with one attached hydrogen (secondary N) is 1. The normalized spacial score (nSPS) is 14.1. The van der Waals surface area contributed by atoms with Crippen LogP contribution in [0.2, 0.25) is 0 Å². The fourth-order valence-electron chi connectivity index (χ4n) is 1.29. The molecule has 0 aliphatic carbocycles. The average molecular weight is 239 g/mol. The first kappa shape index (κ1) is 14.8. The van der Waals surface area contributed by atoms with Crippen LogP contribution in [0, 0.1) is 0 Å². The Morgan fingerprint density at radius 1 is 1.47 bits per heavy atom.